The number of carbonyl (C=O) groups is 2. The van der Waals surface area contributed by atoms with Gasteiger partial charge in [0.1, 0.15) is 11.6 Å². The second kappa shape index (κ2) is 8.74. The maximum Gasteiger partial charge on any atom is 0.335 e. The Bertz CT molecular complexity index is 963. The number of rotatable bonds is 6. The zero-order valence-corrected chi connectivity index (χ0v) is 15.2. The fourth-order valence-electron chi connectivity index (χ4n) is 2.26. The number of halogens is 1. The molecule has 138 valence electrons. The Hall–Kier alpha value is -3.50. The normalized spacial score (nSPS) is 10.7. The standard InChI is InChI=1S/C19H15ClN2O5/c1-26-16-8-11(7-15(20)17(16)27-2)6-13(10-21)18(23)22-14-5-3-4-12(9-14)19(24)25/h3-9H,1-2H3,(H,22,23)(H,24,25). The zero-order valence-electron chi connectivity index (χ0n) is 14.4. The van der Waals surface area contributed by atoms with Crippen molar-refractivity contribution in [3.05, 3.63) is 58.1 Å². The number of hydrogen-bond acceptors (Lipinski definition) is 5. The third kappa shape index (κ3) is 4.77. The maximum absolute atomic E-state index is 12.4. The van der Waals surface area contributed by atoms with Gasteiger partial charge in [0.25, 0.3) is 5.91 Å². The Balaban J connectivity index is 2.32. The number of carboxylic acid groups (broad SMARTS) is 1. The Morgan fingerprint density at radius 3 is 2.56 bits per heavy atom. The average Bonchev–Trinajstić information content (AvgIpc) is 2.65. The Morgan fingerprint density at radius 1 is 1.22 bits per heavy atom. The monoisotopic (exact) mass is 386 g/mol. The van der Waals surface area contributed by atoms with Gasteiger partial charge in [0, 0.05) is 5.69 Å². The molecule has 0 aromatic heterocycles. The van der Waals surface area contributed by atoms with Gasteiger partial charge in [-0.15, -0.1) is 0 Å². The molecule has 2 aromatic carbocycles. The summed E-state index contributed by atoms with van der Waals surface area (Å²) in [5.41, 5.74) is 0.538. The first-order chi connectivity index (χ1) is 12.9. The summed E-state index contributed by atoms with van der Waals surface area (Å²) in [5, 5.41) is 21.1. The number of nitrogens with one attached hydrogen (secondary N) is 1. The fourth-order valence-corrected chi connectivity index (χ4v) is 2.56. The molecule has 0 aliphatic heterocycles. The molecule has 2 rings (SSSR count). The van der Waals surface area contributed by atoms with Crippen molar-refractivity contribution in [3.8, 4) is 17.6 Å². The first-order valence-electron chi connectivity index (χ1n) is 7.57. The minimum Gasteiger partial charge on any atom is -0.493 e. The van der Waals surface area contributed by atoms with Crippen LogP contribution in [0.4, 0.5) is 5.69 Å². The van der Waals surface area contributed by atoms with Crippen molar-refractivity contribution < 1.29 is 24.2 Å². The molecule has 2 aromatic rings. The van der Waals surface area contributed by atoms with Gasteiger partial charge >= 0.3 is 5.97 Å². The number of amides is 1. The van der Waals surface area contributed by atoms with Gasteiger partial charge < -0.3 is 19.9 Å². The molecule has 0 saturated carbocycles. The van der Waals surface area contributed by atoms with E-state index in [1.54, 1.807) is 6.07 Å². The lowest BCUT2D eigenvalue weighted by Gasteiger charge is -2.10. The molecule has 8 heteroatoms. The van der Waals surface area contributed by atoms with Crippen LogP contribution in [0.15, 0.2) is 42.0 Å². The summed E-state index contributed by atoms with van der Waals surface area (Å²) in [7, 11) is 2.88. The highest BCUT2D eigenvalue weighted by atomic mass is 35.5. The quantitative estimate of drug-likeness (QED) is 0.580. The number of ether oxygens (including phenoxy) is 2. The number of anilines is 1. The molecule has 2 N–H and O–H groups in total. The lowest BCUT2D eigenvalue weighted by molar-refractivity contribution is -0.112. The van der Waals surface area contributed by atoms with Gasteiger partial charge in [-0.2, -0.15) is 5.26 Å². The van der Waals surface area contributed by atoms with Crippen LogP contribution in [0.3, 0.4) is 0 Å². The molecule has 0 heterocycles. The number of benzene rings is 2. The van der Waals surface area contributed by atoms with Gasteiger partial charge in [-0.05, 0) is 42.0 Å². The summed E-state index contributed by atoms with van der Waals surface area (Å²) in [6, 6.07) is 10.6. The number of hydrogen-bond donors (Lipinski definition) is 2. The molecule has 0 saturated heterocycles. The maximum atomic E-state index is 12.4. The van der Waals surface area contributed by atoms with Crippen LogP contribution in [0.1, 0.15) is 15.9 Å². The summed E-state index contributed by atoms with van der Waals surface area (Å²) in [5.74, 6) is -1.12. The number of nitrogens with zero attached hydrogens (tertiary/aromatic N) is 1. The minimum atomic E-state index is -1.12. The second-order valence-electron chi connectivity index (χ2n) is 5.25. The molecule has 0 radical (unpaired) electrons. The van der Waals surface area contributed by atoms with E-state index in [-0.39, 0.29) is 21.8 Å². The van der Waals surface area contributed by atoms with E-state index < -0.39 is 11.9 Å². The number of carbonyl (C=O) groups excluding carboxylic acids is 1. The summed E-state index contributed by atoms with van der Waals surface area (Å²) in [6.07, 6.45) is 1.34. The highest BCUT2D eigenvalue weighted by Crippen LogP contribution is 2.36. The fraction of sp³-hybridized carbons (Fsp3) is 0.105. The van der Waals surface area contributed by atoms with Gasteiger partial charge in [0.2, 0.25) is 0 Å². The van der Waals surface area contributed by atoms with Gasteiger partial charge in [-0.25, -0.2) is 4.79 Å². The lowest BCUT2D eigenvalue weighted by Crippen LogP contribution is -2.14. The lowest BCUT2D eigenvalue weighted by atomic mass is 10.1. The van der Waals surface area contributed by atoms with Gasteiger partial charge in [-0.3, -0.25) is 4.79 Å². The van der Waals surface area contributed by atoms with Crippen molar-refractivity contribution in [1.82, 2.24) is 0 Å². The summed E-state index contributed by atoms with van der Waals surface area (Å²) in [4.78, 5) is 23.4. The van der Waals surface area contributed by atoms with Gasteiger partial charge in [0.05, 0.1) is 24.8 Å². The minimum absolute atomic E-state index is 0.0157. The van der Waals surface area contributed by atoms with Gasteiger partial charge in [0.15, 0.2) is 11.5 Å². The summed E-state index contributed by atoms with van der Waals surface area (Å²) in [6.45, 7) is 0. The molecule has 0 spiro atoms. The predicted octanol–water partition coefficient (Wildman–Crippen LogP) is 3.60. The van der Waals surface area contributed by atoms with E-state index >= 15 is 0 Å². The van der Waals surface area contributed by atoms with Gasteiger partial charge in [-0.1, -0.05) is 17.7 Å². The van der Waals surface area contributed by atoms with E-state index in [2.05, 4.69) is 5.32 Å². The van der Waals surface area contributed by atoms with Crippen LogP contribution in [-0.2, 0) is 4.79 Å². The third-order valence-corrected chi connectivity index (χ3v) is 3.78. The van der Waals surface area contributed by atoms with Crippen molar-refractivity contribution in [3.63, 3.8) is 0 Å². The molecular formula is C19H15ClN2O5. The van der Waals surface area contributed by atoms with Crippen LogP contribution in [0.5, 0.6) is 11.5 Å². The molecule has 0 aliphatic rings. The van der Waals surface area contributed by atoms with E-state index in [1.807, 2.05) is 6.07 Å². The Kier molecular flexibility index (Phi) is 6.41. The van der Waals surface area contributed by atoms with Crippen LogP contribution >= 0.6 is 11.6 Å². The SMILES string of the molecule is COc1cc(C=C(C#N)C(=O)Nc2cccc(C(=O)O)c2)cc(Cl)c1OC. The van der Waals surface area contributed by atoms with E-state index in [0.717, 1.165) is 0 Å². The van der Waals surface area contributed by atoms with Crippen molar-refractivity contribution in [2.24, 2.45) is 0 Å². The predicted molar refractivity (Wildman–Crippen MR) is 100 cm³/mol. The second-order valence-corrected chi connectivity index (χ2v) is 5.66. The van der Waals surface area contributed by atoms with Crippen molar-refractivity contribution in [2.45, 2.75) is 0 Å². The van der Waals surface area contributed by atoms with E-state index in [1.165, 1.54) is 50.6 Å². The largest absolute Gasteiger partial charge is 0.493 e. The number of carboxylic acids is 1. The van der Waals surface area contributed by atoms with Crippen LogP contribution in [-0.4, -0.2) is 31.2 Å². The topological polar surface area (TPSA) is 109 Å². The molecule has 0 bridgehead atoms. The molecule has 1 amide bonds. The Morgan fingerprint density at radius 2 is 1.96 bits per heavy atom. The van der Waals surface area contributed by atoms with E-state index in [4.69, 9.17) is 26.2 Å². The average molecular weight is 387 g/mol. The third-order valence-electron chi connectivity index (χ3n) is 3.50. The summed E-state index contributed by atoms with van der Waals surface area (Å²) < 4.78 is 10.3. The molecule has 7 nitrogen and oxygen atoms in total. The number of aromatic carboxylic acids is 1. The van der Waals surface area contributed by atoms with Crippen LogP contribution in [0.2, 0.25) is 5.02 Å². The molecular weight excluding hydrogens is 372 g/mol. The highest BCUT2D eigenvalue weighted by Gasteiger charge is 2.14. The van der Waals surface area contributed by atoms with E-state index in [9.17, 15) is 14.9 Å². The molecule has 27 heavy (non-hydrogen) atoms. The molecule has 0 fully saturated rings. The molecule has 0 aliphatic carbocycles. The smallest absolute Gasteiger partial charge is 0.335 e. The van der Waals surface area contributed by atoms with Crippen molar-refractivity contribution in [2.75, 3.05) is 19.5 Å². The Labute approximate surface area is 160 Å². The number of methoxy groups -OCH3 is 2. The van der Waals surface area contributed by atoms with Crippen LogP contribution in [0, 0.1) is 11.3 Å². The molecule has 0 atom stereocenters. The summed E-state index contributed by atoms with van der Waals surface area (Å²) >= 11 is 6.12. The molecule has 0 unspecified atom stereocenters. The van der Waals surface area contributed by atoms with Crippen molar-refractivity contribution >= 4 is 35.2 Å². The van der Waals surface area contributed by atoms with Crippen LogP contribution in [0.25, 0.3) is 6.08 Å². The highest BCUT2D eigenvalue weighted by molar-refractivity contribution is 6.32. The van der Waals surface area contributed by atoms with E-state index in [0.29, 0.717) is 17.1 Å². The zero-order chi connectivity index (χ0) is 20.0. The first-order valence-corrected chi connectivity index (χ1v) is 7.95. The first kappa shape index (κ1) is 19.8. The number of nitriles is 1. The van der Waals surface area contributed by atoms with Crippen molar-refractivity contribution in [1.29, 1.82) is 5.26 Å². The van der Waals surface area contributed by atoms with Crippen LogP contribution < -0.4 is 14.8 Å².